The topological polar surface area (TPSA) is 9.23 Å². The highest BCUT2D eigenvalue weighted by Gasteiger charge is 2.07. The summed E-state index contributed by atoms with van der Waals surface area (Å²) in [7, 11) is 0.490. The Morgan fingerprint density at radius 1 is 1.20 bits per heavy atom. The summed E-state index contributed by atoms with van der Waals surface area (Å²) in [6, 6.07) is 6.56. The Balaban J connectivity index is 2.86. The molecule has 0 saturated heterocycles. The minimum atomic E-state index is 0.318. The van der Waals surface area contributed by atoms with Crippen molar-refractivity contribution in [1.82, 2.24) is 0 Å². The molecule has 0 fully saturated rings. The maximum atomic E-state index is 5.70. The van der Waals surface area contributed by atoms with Crippen LogP contribution in [0, 0.1) is 0 Å². The van der Waals surface area contributed by atoms with Gasteiger partial charge >= 0.3 is 0 Å². The van der Waals surface area contributed by atoms with Crippen LogP contribution < -0.4 is 5.19 Å². The predicted molar refractivity (Wildman–Crippen MR) is 66.8 cm³/mol. The van der Waals surface area contributed by atoms with Crippen molar-refractivity contribution in [3.8, 4) is 0 Å². The van der Waals surface area contributed by atoms with E-state index in [9.17, 15) is 0 Å². The van der Waals surface area contributed by atoms with Gasteiger partial charge in [0.1, 0.15) is 0 Å². The molecule has 0 saturated carbocycles. The minimum Gasteiger partial charge on any atom is -0.409 e. The average molecular weight is 220 g/mol. The van der Waals surface area contributed by atoms with E-state index >= 15 is 0 Å². The van der Waals surface area contributed by atoms with Crippen molar-refractivity contribution in [3.05, 3.63) is 29.3 Å². The Morgan fingerprint density at radius 3 is 2.47 bits per heavy atom. The monoisotopic (exact) mass is 220 g/mol. The van der Waals surface area contributed by atoms with E-state index in [1.807, 2.05) is 0 Å². The molecular weight excluding hydrogens is 200 g/mol. The summed E-state index contributed by atoms with van der Waals surface area (Å²) in [5.74, 6) is 0. The van der Waals surface area contributed by atoms with E-state index < -0.39 is 0 Å². The van der Waals surface area contributed by atoms with Gasteiger partial charge in [0, 0.05) is 6.10 Å². The number of rotatable bonds is 5. The van der Waals surface area contributed by atoms with Crippen LogP contribution in [-0.2, 0) is 17.3 Å². The Bertz CT molecular complexity index is 307. The largest absolute Gasteiger partial charge is 0.409 e. The maximum Gasteiger partial charge on any atom is 0.269 e. The third kappa shape index (κ3) is 3.47. The lowest BCUT2D eigenvalue weighted by atomic mass is 10.0. The van der Waals surface area contributed by atoms with Gasteiger partial charge in [0.25, 0.3) is 9.76 Å². The molecule has 0 atom stereocenters. The predicted octanol–water partition coefficient (Wildman–Crippen LogP) is 2.48. The van der Waals surface area contributed by atoms with Gasteiger partial charge in [0.2, 0.25) is 0 Å². The van der Waals surface area contributed by atoms with Gasteiger partial charge in [0.15, 0.2) is 0 Å². The first-order valence-corrected chi connectivity index (χ1v) is 6.62. The summed E-state index contributed by atoms with van der Waals surface area (Å²) in [4.78, 5) is 0. The molecule has 0 bridgehead atoms. The normalized spacial score (nSPS) is 11.0. The highest BCUT2D eigenvalue weighted by atomic mass is 28.2. The maximum absolute atomic E-state index is 5.70. The fraction of sp³-hybridized carbons (Fsp3) is 0.538. The molecule has 2 heteroatoms. The molecule has 0 aliphatic carbocycles. The van der Waals surface area contributed by atoms with Crippen molar-refractivity contribution in [3.63, 3.8) is 0 Å². The van der Waals surface area contributed by atoms with E-state index in [0.29, 0.717) is 15.9 Å². The van der Waals surface area contributed by atoms with Gasteiger partial charge in [0.05, 0.1) is 0 Å². The van der Waals surface area contributed by atoms with Crippen molar-refractivity contribution in [2.75, 3.05) is 0 Å². The highest BCUT2D eigenvalue weighted by molar-refractivity contribution is 6.47. The Hall–Kier alpha value is -0.603. The third-order valence-corrected chi connectivity index (χ3v) is 3.69. The van der Waals surface area contributed by atoms with Gasteiger partial charge in [-0.1, -0.05) is 32.0 Å². The second kappa shape index (κ2) is 6.08. The summed E-state index contributed by atoms with van der Waals surface area (Å²) in [5.41, 5.74) is 2.95. The molecule has 0 aromatic heterocycles. The highest BCUT2D eigenvalue weighted by Crippen LogP contribution is 2.08. The number of aryl methyl sites for hydroxylation is 1. The number of benzene rings is 1. The average Bonchev–Trinajstić information content (AvgIpc) is 2.25. The minimum absolute atomic E-state index is 0.318. The van der Waals surface area contributed by atoms with E-state index in [2.05, 4.69) is 45.9 Å². The van der Waals surface area contributed by atoms with Crippen LogP contribution in [0.3, 0.4) is 0 Å². The van der Waals surface area contributed by atoms with E-state index in [4.69, 9.17) is 4.43 Å². The zero-order valence-electron chi connectivity index (χ0n) is 10.1. The molecule has 0 aliphatic heterocycles. The SMILES string of the molecule is CCc1cccc([Si]OC(C)C)c1CC. The summed E-state index contributed by atoms with van der Waals surface area (Å²) < 4.78 is 5.70. The van der Waals surface area contributed by atoms with Crippen molar-refractivity contribution >= 4 is 14.9 Å². The standard InChI is InChI=1S/C13H20OSi/c1-5-11-8-7-9-13(12(11)6-2)15-14-10(3)4/h7-10H,5-6H2,1-4H3. The fourth-order valence-corrected chi connectivity index (χ4v) is 2.65. The first-order valence-electron chi connectivity index (χ1n) is 5.71. The first kappa shape index (κ1) is 12.5. The molecule has 82 valence electrons. The van der Waals surface area contributed by atoms with Gasteiger partial charge in [-0.15, -0.1) is 0 Å². The zero-order valence-corrected chi connectivity index (χ0v) is 11.1. The molecule has 0 unspecified atom stereocenters. The summed E-state index contributed by atoms with van der Waals surface area (Å²) in [6.45, 7) is 8.60. The molecule has 15 heavy (non-hydrogen) atoms. The molecule has 1 nitrogen and oxygen atoms in total. The first-order chi connectivity index (χ1) is 7.19. The second-order valence-electron chi connectivity index (χ2n) is 3.92. The Morgan fingerprint density at radius 2 is 1.93 bits per heavy atom. The molecule has 0 heterocycles. The van der Waals surface area contributed by atoms with Crippen LogP contribution in [0.5, 0.6) is 0 Å². The fourth-order valence-electron chi connectivity index (χ4n) is 1.66. The van der Waals surface area contributed by atoms with Crippen LogP contribution in [0.25, 0.3) is 0 Å². The molecule has 1 rings (SSSR count). The van der Waals surface area contributed by atoms with Gasteiger partial charge < -0.3 is 4.43 Å². The molecule has 0 N–H and O–H groups in total. The van der Waals surface area contributed by atoms with E-state index in [-0.39, 0.29) is 0 Å². The van der Waals surface area contributed by atoms with Crippen molar-refractivity contribution < 1.29 is 4.43 Å². The van der Waals surface area contributed by atoms with Crippen LogP contribution >= 0.6 is 0 Å². The van der Waals surface area contributed by atoms with E-state index in [1.165, 1.54) is 16.3 Å². The summed E-state index contributed by atoms with van der Waals surface area (Å²) in [6.07, 6.45) is 2.54. The van der Waals surface area contributed by atoms with E-state index in [1.54, 1.807) is 0 Å². The van der Waals surface area contributed by atoms with Crippen LogP contribution in [0.4, 0.5) is 0 Å². The number of hydrogen-bond acceptors (Lipinski definition) is 1. The van der Waals surface area contributed by atoms with Gasteiger partial charge in [-0.2, -0.15) is 0 Å². The summed E-state index contributed by atoms with van der Waals surface area (Å²) >= 11 is 0. The Kier molecular flexibility index (Phi) is 5.06. The van der Waals surface area contributed by atoms with Gasteiger partial charge in [-0.25, -0.2) is 0 Å². The lowest BCUT2D eigenvalue weighted by Gasteiger charge is -2.13. The lowest BCUT2D eigenvalue weighted by molar-refractivity contribution is 0.260. The third-order valence-electron chi connectivity index (χ3n) is 2.41. The van der Waals surface area contributed by atoms with Crippen molar-refractivity contribution in [2.45, 2.75) is 46.6 Å². The molecular formula is C13H20OSi. The molecule has 0 amide bonds. The molecule has 0 aliphatic rings. The molecule has 1 aromatic carbocycles. The molecule has 2 radical (unpaired) electrons. The lowest BCUT2D eigenvalue weighted by Crippen LogP contribution is -2.25. The van der Waals surface area contributed by atoms with Crippen LogP contribution in [0.15, 0.2) is 18.2 Å². The van der Waals surface area contributed by atoms with E-state index in [0.717, 1.165) is 12.8 Å². The van der Waals surface area contributed by atoms with Crippen molar-refractivity contribution in [2.24, 2.45) is 0 Å². The quantitative estimate of drug-likeness (QED) is 0.693. The molecule has 0 spiro atoms. The molecule has 1 aromatic rings. The van der Waals surface area contributed by atoms with Gasteiger partial charge in [-0.3, -0.25) is 0 Å². The van der Waals surface area contributed by atoms with Gasteiger partial charge in [-0.05, 0) is 43.0 Å². The summed E-state index contributed by atoms with van der Waals surface area (Å²) in [5, 5.41) is 1.38. The van der Waals surface area contributed by atoms with Crippen LogP contribution in [0.1, 0.15) is 38.8 Å². The van der Waals surface area contributed by atoms with Crippen LogP contribution in [0.2, 0.25) is 0 Å². The smallest absolute Gasteiger partial charge is 0.269 e. The Labute approximate surface area is 95.8 Å². The van der Waals surface area contributed by atoms with Crippen molar-refractivity contribution in [1.29, 1.82) is 0 Å². The number of hydrogen-bond donors (Lipinski definition) is 0. The second-order valence-corrected chi connectivity index (χ2v) is 4.90. The zero-order chi connectivity index (χ0) is 11.3. The van der Waals surface area contributed by atoms with Crippen LogP contribution in [-0.4, -0.2) is 15.9 Å².